The highest BCUT2D eigenvalue weighted by Crippen LogP contribution is 2.17. The Morgan fingerprint density at radius 1 is 1.24 bits per heavy atom. The minimum Gasteiger partial charge on any atom is -0.370 e. The SMILES string of the molecule is CCCCC(CCC)NC(=O)c1nc(NCC)ccc1Cl. The van der Waals surface area contributed by atoms with Gasteiger partial charge in [-0.25, -0.2) is 4.98 Å². The number of rotatable bonds is 9. The summed E-state index contributed by atoms with van der Waals surface area (Å²) < 4.78 is 0. The first-order valence-corrected chi connectivity index (χ1v) is 8.21. The molecule has 0 aromatic carbocycles. The van der Waals surface area contributed by atoms with E-state index < -0.39 is 0 Å². The van der Waals surface area contributed by atoms with Crippen molar-refractivity contribution in [3.8, 4) is 0 Å². The Balaban J connectivity index is 2.78. The van der Waals surface area contributed by atoms with E-state index in [1.54, 1.807) is 12.1 Å². The van der Waals surface area contributed by atoms with Gasteiger partial charge in [0.15, 0.2) is 0 Å². The van der Waals surface area contributed by atoms with E-state index in [9.17, 15) is 4.79 Å². The van der Waals surface area contributed by atoms with Gasteiger partial charge in [-0.15, -0.1) is 0 Å². The van der Waals surface area contributed by atoms with Crippen LogP contribution < -0.4 is 10.6 Å². The number of carbonyl (C=O) groups excluding carboxylic acids is 1. The summed E-state index contributed by atoms with van der Waals surface area (Å²) in [5.74, 6) is 0.488. The first kappa shape index (κ1) is 17.8. The fraction of sp³-hybridized carbons (Fsp3) is 0.625. The van der Waals surface area contributed by atoms with Crippen LogP contribution in [0, 0.1) is 0 Å². The van der Waals surface area contributed by atoms with Gasteiger partial charge < -0.3 is 10.6 Å². The lowest BCUT2D eigenvalue weighted by Gasteiger charge is -2.18. The molecule has 5 heteroatoms. The van der Waals surface area contributed by atoms with Crippen molar-refractivity contribution in [1.82, 2.24) is 10.3 Å². The average molecular weight is 312 g/mol. The number of amides is 1. The largest absolute Gasteiger partial charge is 0.370 e. The van der Waals surface area contributed by atoms with Crippen molar-refractivity contribution in [1.29, 1.82) is 0 Å². The van der Waals surface area contributed by atoms with Crippen LogP contribution in [0.3, 0.4) is 0 Å². The summed E-state index contributed by atoms with van der Waals surface area (Å²) in [6.45, 7) is 7.02. The summed E-state index contributed by atoms with van der Waals surface area (Å²) in [6.07, 6.45) is 5.28. The Bertz CT molecular complexity index is 451. The molecule has 2 N–H and O–H groups in total. The Kier molecular flexibility index (Phi) is 8.13. The predicted octanol–water partition coefficient (Wildman–Crippen LogP) is 4.26. The normalized spacial score (nSPS) is 12.0. The maximum atomic E-state index is 12.4. The molecule has 0 radical (unpaired) electrons. The smallest absolute Gasteiger partial charge is 0.271 e. The maximum Gasteiger partial charge on any atom is 0.271 e. The monoisotopic (exact) mass is 311 g/mol. The molecule has 0 saturated carbocycles. The van der Waals surface area contributed by atoms with Gasteiger partial charge in [-0.2, -0.15) is 0 Å². The van der Waals surface area contributed by atoms with Crippen LogP contribution in [0.1, 0.15) is 63.4 Å². The zero-order valence-electron chi connectivity index (χ0n) is 13.2. The third-order valence-corrected chi connectivity index (χ3v) is 3.60. The van der Waals surface area contributed by atoms with Crippen LogP contribution in [0.4, 0.5) is 5.82 Å². The van der Waals surface area contributed by atoms with Crippen molar-refractivity contribution in [2.75, 3.05) is 11.9 Å². The minimum absolute atomic E-state index is 0.186. The second kappa shape index (κ2) is 9.61. The molecular formula is C16H26ClN3O. The van der Waals surface area contributed by atoms with Crippen LogP contribution in [0.25, 0.3) is 0 Å². The van der Waals surface area contributed by atoms with E-state index in [2.05, 4.69) is 29.5 Å². The van der Waals surface area contributed by atoms with Gasteiger partial charge in [0.05, 0.1) is 5.02 Å². The summed E-state index contributed by atoms with van der Waals surface area (Å²) in [4.78, 5) is 16.7. The van der Waals surface area contributed by atoms with Gasteiger partial charge in [-0.1, -0.05) is 44.7 Å². The molecule has 1 heterocycles. The van der Waals surface area contributed by atoms with E-state index in [0.717, 1.165) is 38.6 Å². The number of anilines is 1. The van der Waals surface area contributed by atoms with Crippen molar-refractivity contribution in [2.45, 2.75) is 58.9 Å². The third-order valence-electron chi connectivity index (χ3n) is 3.30. The van der Waals surface area contributed by atoms with Crippen LogP contribution in [0.5, 0.6) is 0 Å². The lowest BCUT2D eigenvalue weighted by molar-refractivity contribution is 0.0927. The molecule has 1 aromatic rings. The molecular weight excluding hydrogens is 286 g/mol. The first-order valence-electron chi connectivity index (χ1n) is 7.83. The molecule has 118 valence electrons. The Labute approximate surface area is 132 Å². The summed E-state index contributed by atoms with van der Waals surface area (Å²) in [5, 5.41) is 6.55. The zero-order valence-corrected chi connectivity index (χ0v) is 14.0. The number of hydrogen-bond donors (Lipinski definition) is 2. The molecule has 1 rings (SSSR count). The molecule has 4 nitrogen and oxygen atoms in total. The highest BCUT2D eigenvalue weighted by atomic mass is 35.5. The van der Waals surface area contributed by atoms with E-state index in [1.807, 2.05) is 6.92 Å². The van der Waals surface area contributed by atoms with E-state index in [-0.39, 0.29) is 11.9 Å². The molecule has 0 aliphatic heterocycles. The average Bonchev–Trinajstić information content (AvgIpc) is 2.47. The van der Waals surface area contributed by atoms with Crippen molar-refractivity contribution in [2.24, 2.45) is 0 Å². The molecule has 1 atom stereocenters. The summed E-state index contributed by atoms with van der Waals surface area (Å²) >= 11 is 6.10. The quantitative estimate of drug-likeness (QED) is 0.716. The zero-order chi connectivity index (χ0) is 15.7. The summed E-state index contributed by atoms with van der Waals surface area (Å²) in [5.41, 5.74) is 0.299. The molecule has 0 aliphatic carbocycles. The number of hydrogen-bond acceptors (Lipinski definition) is 3. The van der Waals surface area contributed by atoms with Gasteiger partial charge in [-0.05, 0) is 31.9 Å². The van der Waals surface area contributed by atoms with Gasteiger partial charge in [-0.3, -0.25) is 4.79 Å². The van der Waals surface area contributed by atoms with Crippen LogP contribution in [-0.2, 0) is 0 Å². The Morgan fingerprint density at radius 3 is 2.62 bits per heavy atom. The van der Waals surface area contributed by atoms with Crippen LogP contribution >= 0.6 is 11.6 Å². The van der Waals surface area contributed by atoms with Gasteiger partial charge in [0, 0.05) is 12.6 Å². The number of aromatic nitrogens is 1. The number of unbranched alkanes of at least 4 members (excludes halogenated alkanes) is 1. The highest BCUT2D eigenvalue weighted by Gasteiger charge is 2.17. The van der Waals surface area contributed by atoms with Crippen molar-refractivity contribution < 1.29 is 4.79 Å². The summed E-state index contributed by atoms with van der Waals surface area (Å²) in [6, 6.07) is 3.69. The Morgan fingerprint density at radius 2 is 2.00 bits per heavy atom. The van der Waals surface area contributed by atoms with E-state index in [1.165, 1.54) is 0 Å². The molecule has 1 amide bonds. The molecule has 0 spiro atoms. The van der Waals surface area contributed by atoms with Crippen LogP contribution in [0.15, 0.2) is 12.1 Å². The van der Waals surface area contributed by atoms with Crippen LogP contribution in [0.2, 0.25) is 5.02 Å². The fourth-order valence-corrected chi connectivity index (χ4v) is 2.41. The lowest BCUT2D eigenvalue weighted by Crippen LogP contribution is -2.35. The number of pyridine rings is 1. The second-order valence-electron chi connectivity index (χ2n) is 5.16. The predicted molar refractivity (Wildman–Crippen MR) is 89.1 cm³/mol. The minimum atomic E-state index is -0.186. The Hall–Kier alpha value is -1.29. The van der Waals surface area contributed by atoms with Gasteiger partial charge in [0.25, 0.3) is 5.91 Å². The van der Waals surface area contributed by atoms with Crippen LogP contribution in [-0.4, -0.2) is 23.5 Å². The molecule has 21 heavy (non-hydrogen) atoms. The number of nitrogens with one attached hydrogen (secondary N) is 2. The molecule has 0 saturated heterocycles. The maximum absolute atomic E-state index is 12.4. The first-order chi connectivity index (χ1) is 10.1. The topological polar surface area (TPSA) is 54.0 Å². The number of nitrogens with zero attached hydrogens (tertiary/aromatic N) is 1. The van der Waals surface area contributed by atoms with Crippen molar-refractivity contribution >= 4 is 23.3 Å². The lowest BCUT2D eigenvalue weighted by atomic mass is 10.0. The number of halogens is 1. The third kappa shape index (κ3) is 5.92. The molecule has 0 bridgehead atoms. The van der Waals surface area contributed by atoms with E-state index >= 15 is 0 Å². The standard InChI is InChI=1S/C16H26ClN3O/c1-4-7-9-12(8-5-2)19-16(21)15-13(17)10-11-14(20-15)18-6-3/h10-12H,4-9H2,1-3H3,(H,18,20)(H,19,21). The molecule has 1 aromatic heterocycles. The number of carbonyl (C=O) groups is 1. The highest BCUT2D eigenvalue weighted by molar-refractivity contribution is 6.33. The molecule has 0 aliphatic rings. The van der Waals surface area contributed by atoms with E-state index in [0.29, 0.717) is 16.5 Å². The second-order valence-corrected chi connectivity index (χ2v) is 5.57. The fourth-order valence-electron chi connectivity index (χ4n) is 2.22. The summed E-state index contributed by atoms with van der Waals surface area (Å²) in [7, 11) is 0. The van der Waals surface area contributed by atoms with Gasteiger partial charge in [0.2, 0.25) is 0 Å². The van der Waals surface area contributed by atoms with E-state index in [4.69, 9.17) is 11.6 Å². The van der Waals surface area contributed by atoms with Gasteiger partial charge in [0.1, 0.15) is 11.5 Å². The molecule has 1 unspecified atom stereocenters. The van der Waals surface area contributed by atoms with Crippen molar-refractivity contribution in [3.05, 3.63) is 22.8 Å². The van der Waals surface area contributed by atoms with Gasteiger partial charge >= 0.3 is 0 Å². The molecule has 0 fully saturated rings. The van der Waals surface area contributed by atoms with Crippen molar-refractivity contribution in [3.63, 3.8) is 0 Å².